The van der Waals surface area contributed by atoms with E-state index in [0.29, 0.717) is 0 Å². The van der Waals surface area contributed by atoms with Crippen molar-refractivity contribution >= 4 is 17.4 Å². The first-order valence-corrected chi connectivity index (χ1v) is 4.03. The van der Waals surface area contributed by atoms with Crippen LogP contribution in [0.25, 0.3) is 0 Å². The third kappa shape index (κ3) is 1.40. The molecule has 10 heavy (non-hydrogen) atoms. The zero-order valence-corrected chi connectivity index (χ0v) is 6.82. The van der Waals surface area contributed by atoms with Crippen molar-refractivity contribution in [3.63, 3.8) is 0 Å². The third-order valence-electron chi connectivity index (χ3n) is 1.98. The smallest absolute Gasteiger partial charge is 0.162 e. The highest BCUT2D eigenvalue weighted by Crippen LogP contribution is 2.24. The van der Waals surface area contributed by atoms with E-state index in [9.17, 15) is 4.79 Å². The molecule has 2 heteroatoms. The molecule has 1 nitrogen and oxygen atoms in total. The maximum atomic E-state index is 11.2. The number of halogens is 1. The number of hydrogen-bond donors (Lipinski definition) is 0. The first-order chi connectivity index (χ1) is 4.75. The van der Waals surface area contributed by atoms with Crippen molar-refractivity contribution in [2.45, 2.75) is 26.2 Å². The van der Waals surface area contributed by atoms with Gasteiger partial charge in [0.15, 0.2) is 5.78 Å². The minimum Gasteiger partial charge on any atom is -0.294 e. The number of allylic oxidation sites excluding steroid dienone is 1. The highest BCUT2D eigenvalue weighted by atomic mass is 35.5. The minimum absolute atomic E-state index is 0.193. The first kappa shape index (κ1) is 7.80. The van der Waals surface area contributed by atoms with Gasteiger partial charge in [0, 0.05) is 17.0 Å². The van der Waals surface area contributed by atoms with Crippen LogP contribution in [0.3, 0.4) is 0 Å². The summed E-state index contributed by atoms with van der Waals surface area (Å²) in [7, 11) is 0. The zero-order valence-electron chi connectivity index (χ0n) is 6.06. The van der Waals surface area contributed by atoms with Crippen LogP contribution in [0.5, 0.6) is 0 Å². The van der Waals surface area contributed by atoms with Gasteiger partial charge >= 0.3 is 0 Å². The molecule has 0 spiro atoms. The number of hydrogen-bond acceptors (Lipinski definition) is 1. The van der Waals surface area contributed by atoms with Crippen molar-refractivity contribution in [2.75, 3.05) is 0 Å². The third-order valence-corrected chi connectivity index (χ3v) is 2.24. The Morgan fingerprint density at radius 1 is 1.70 bits per heavy atom. The van der Waals surface area contributed by atoms with Crippen molar-refractivity contribution in [3.8, 4) is 0 Å². The van der Waals surface area contributed by atoms with E-state index < -0.39 is 0 Å². The van der Waals surface area contributed by atoms with Crippen molar-refractivity contribution in [1.29, 1.82) is 0 Å². The first-order valence-electron chi connectivity index (χ1n) is 3.59. The molecule has 0 radical (unpaired) electrons. The monoisotopic (exact) mass is 158 g/mol. The number of Topliss-reactive ketones (excluding diaryl/α,β-unsaturated/α-hetero) is 1. The molecule has 0 unspecified atom stereocenters. The van der Waals surface area contributed by atoms with Crippen LogP contribution in [0.1, 0.15) is 26.2 Å². The van der Waals surface area contributed by atoms with Crippen LogP contribution >= 0.6 is 11.6 Å². The average molecular weight is 159 g/mol. The summed E-state index contributed by atoms with van der Waals surface area (Å²) < 4.78 is 0. The molecule has 0 heterocycles. The Bertz CT molecular complexity index is 172. The highest BCUT2D eigenvalue weighted by Gasteiger charge is 2.21. The fraction of sp³-hybridized carbons (Fsp3) is 0.625. The Hall–Kier alpha value is -0.300. The van der Waals surface area contributed by atoms with Gasteiger partial charge in [-0.05, 0) is 19.3 Å². The molecular weight excluding hydrogens is 148 g/mol. The number of carbonyl (C=O) groups is 1. The lowest BCUT2D eigenvalue weighted by Crippen LogP contribution is -2.18. The molecule has 0 aliphatic heterocycles. The molecule has 0 saturated heterocycles. The van der Waals surface area contributed by atoms with E-state index in [2.05, 4.69) is 0 Å². The zero-order chi connectivity index (χ0) is 7.56. The summed E-state index contributed by atoms with van der Waals surface area (Å²) in [5.41, 5.74) is 2.23. The number of rotatable bonds is 0. The van der Waals surface area contributed by atoms with Crippen molar-refractivity contribution < 1.29 is 4.79 Å². The van der Waals surface area contributed by atoms with E-state index in [1.807, 2.05) is 6.92 Å². The summed E-state index contributed by atoms with van der Waals surface area (Å²) in [5.74, 6) is 0.431. The Kier molecular flexibility index (Phi) is 2.50. The van der Waals surface area contributed by atoms with Gasteiger partial charge in [0.1, 0.15) is 0 Å². The molecule has 1 saturated carbocycles. The van der Waals surface area contributed by atoms with Crippen LogP contribution in [0.15, 0.2) is 11.1 Å². The van der Waals surface area contributed by atoms with E-state index in [0.717, 1.165) is 24.8 Å². The van der Waals surface area contributed by atoms with E-state index in [4.69, 9.17) is 11.6 Å². The summed E-state index contributed by atoms with van der Waals surface area (Å²) in [4.78, 5) is 11.2. The van der Waals surface area contributed by atoms with Gasteiger partial charge < -0.3 is 0 Å². The predicted molar refractivity (Wildman–Crippen MR) is 42.0 cm³/mol. The molecule has 1 fully saturated rings. The second kappa shape index (κ2) is 3.20. The molecule has 1 aliphatic rings. The summed E-state index contributed by atoms with van der Waals surface area (Å²) in [6, 6.07) is 0. The SMILES string of the molecule is C[C@@H]1CCC/C(=C\Cl)C1=O. The molecule has 1 aliphatic carbocycles. The van der Waals surface area contributed by atoms with Gasteiger partial charge in [-0.2, -0.15) is 0 Å². The van der Waals surface area contributed by atoms with Crippen LogP contribution in [0.4, 0.5) is 0 Å². The maximum Gasteiger partial charge on any atom is 0.162 e. The molecule has 1 rings (SSSR count). The Balaban J connectivity index is 2.69. The topological polar surface area (TPSA) is 17.1 Å². The average Bonchev–Trinajstić information content (AvgIpc) is 1.95. The maximum absolute atomic E-state index is 11.2. The van der Waals surface area contributed by atoms with Crippen LogP contribution in [0.2, 0.25) is 0 Å². The van der Waals surface area contributed by atoms with Crippen molar-refractivity contribution in [1.82, 2.24) is 0 Å². The lowest BCUT2D eigenvalue weighted by molar-refractivity contribution is -0.119. The summed E-state index contributed by atoms with van der Waals surface area (Å²) in [5, 5.41) is 0. The van der Waals surface area contributed by atoms with Gasteiger partial charge in [0.2, 0.25) is 0 Å². The largest absolute Gasteiger partial charge is 0.294 e. The van der Waals surface area contributed by atoms with Gasteiger partial charge in [0.25, 0.3) is 0 Å². The van der Waals surface area contributed by atoms with Gasteiger partial charge in [-0.15, -0.1) is 0 Å². The highest BCUT2D eigenvalue weighted by molar-refractivity contribution is 6.27. The van der Waals surface area contributed by atoms with Crippen LogP contribution < -0.4 is 0 Å². The minimum atomic E-state index is 0.193. The molecule has 0 bridgehead atoms. The summed E-state index contributed by atoms with van der Waals surface area (Å²) >= 11 is 5.46. The quantitative estimate of drug-likeness (QED) is 0.495. The normalized spacial score (nSPS) is 31.2. The summed E-state index contributed by atoms with van der Waals surface area (Å²) in [6.45, 7) is 1.96. The molecule has 0 aromatic rings. The number of ketones is 1. The van der Waals surface area contributed by atoms with Crippen LogP contribution in [-0.4, -0.2) is 5.78 Å². The standard InChI is InChI=1S/C8H11ClO/c1-6-3-2-4-7(5-9)8(6)10/h5-6H,2-4H2,1H3/b7-5+/t6-/m1/s1. The molecule has 0 amide bonds. The van der Waals surface area contributed by atoms with Gasteiger partial charge in [-0.3, -0.25) is 4.79 Å². The number of carbonyl (C=O) groups excluding carboxylic acids is 1. The van der Waals surface area contributed by atoms with Gasteiger partial charge in [-0.1, -0.05) is 18.5 Å². The van der Waals surface area contributed by atoms with Crippen molar-refractivity contribution in [2.24, 2.45) is 5.92 Å². The van der Waals surface area contributed by atoms with Crippen molar-refractivity contribution in [3.05, 3.63) is 11.1 Å². The van der Waals surface area contributed by atoms with Gasteiger partial charge in [-0.25, -0.2) is 0 Å². The van der Waals surface area contributed by atoms with E-state index in [-0.39, 0.29) is 11.7 Å². The molecule has 0 N–H and O–H groups in total. The Morgan fingerprint density at radius 3 is 2.90 bits per heavy atom. The Morgan fingerprint density at radius 2 is 2.40 bits per heavy atom. The van der Waals surface area contributed by atoms with Gasteiger partial charge in [0.05, 0.1) is 0 Å². The fourth-order valence-corrected chi connectivity index (χ4v) is 1.49. The van der Waals surface area contributed by atoms with E-state index >= 15 is 0 Å². The lowest BCUT2D eigenvalue weighted by atomic mass is 9.86. The van der Waals surface area contributed by atoms with E-state index in [1.165, 1.54) is 5.54 Å². The van der Waals surface area contributed by atoms with Crippen LogP contribution in [-0.2, 0) is 4.79 Å². The predicted octanol–water partition coefficient (Wildman–Crippen LogP) is 2.50. The molecule has 0 aromatic carbocycles. The second-order valence-electron chi connectivity index (χ2n) is 2.79. The molecular formula is C8H11ClO. The van der Waals surface area contributed by atoms with Crippen LogP contribution in [0, 0.1) is 5.92 Å². The molecule has 1 atom stereocenters. The lowest BCUT2D eigenvalue weighted by Gasteiger charge is -2.17. The molecule has 0 aromatic heterocycles. The van der Waals surface area contributed by atoms with E-state index in [1.54, 1.807) is 0 Å². The second-order valence-corrected chi connectivity index (χ2v) is 3.01. The molecule has 56 valence electrons. The summed E-state index contributed by atoms with van der Waals surface area (Å²) in [6.07, 6.45) is 2.99. The Labute approximate surface area is 66.1 Å². The fourth-order valence-electron chi connectivity index (χ4n) is 1.28.